The van der Waals surface area contributed by atoms with Gasteiger partial charge in [0.25, 0.3) is 0 Å². The largest absolute Gasteiger partial charge is 0.314 e. The van der Waals surface area contributed by atoms with Gasteiger partial charge in [0.1, 0.15) is 13.1 Å². The number of quaternary nitrogens is 2. The quantitative estimate of drug-likeness (QED) is 0.0379. The molecule has 282 valence electrons. The Hall–Kier alpha value is -0.520. The summed E-state index contributed by atoms with van der Waals surface area (Å²) in [4.78, 5) is 0. The Morgan fingerprint density at radius 2 is 0.521 bits per heavy atom. The molecular formula is C46H90N2+2. The lowest BCUT2D eigenvalue weighted by atomic mass is 10.0. The van der Waals surface area contributed by atoms with Gasteiger partial charge in [0.2, 0.25) is 0 Å². The smallest absolute Gasteiger partial charge is 0.141 e. The van der Waals surface area contributed by atoms with Gasteiger partial charge in [-0.25, -0.2) is 0 Å². The first-order chi connectivity index (χ1) is 23.7. The van der Waals surface area contributed by atoms with Gasteiger partial charge in [-0.3, -0.25) is 0 Å². The Morgan fingerprint density at radius 3 is 0.771 bits per heavy atom. The fraction of sp³-hybridized carbons (Fsp3) is 0.957. The van der Waals surface area contributed by atoms with Crippen molar-refractivity contribution < 1.29 is 8.97 Å². The number of hydrogen-bond donors (Lipinski definition) is 0. The van der Waals surface area contributed by atoms with Crippen molar-refractivity contribution in [2.45, 2.75) is 232 Å². The summed E-state index contributed by atoms with van der Waals surface area (Å²) in [6.07, 6.45) is 49.4. The summed E-state index contributed by atoms with van der Waals surface area (Å²) in [6, 6.07) is 0. The van der Waals surface area contributed by atoms with E-state index in [9.17, 15) is 0 Å². The zero-order valence-corrected chi connectivity index (χ0v) is 33.6. The second-order valence-corrected chi connectivity index (χ2v) is 17.0. The van der Waals surface area contributed by atoms with E-state index in [1.165, 1.54) is 267 Å². The third-order valence-electron chi connectivity index (χ3n) is 12.5. The molecule has 0 unspecified atom stereocenters. The molecule has 2 fully saturated rings. The third-order valence-corrected chi connectivity index (χ3v) is 12.5. The molecule has 2 nitrogen and oxygen atoms in total. The highest BCUT2D eigenvalue weighted by atomic mass is 15.4. The van der Waals surface area contributed by atoms with Crippen LogP contribution >= 0.6 is 0 Å². The highest BCUT2D eigenvalue weighted by Crippen LogP contribution is 2.23. The van der Waals surface area contributed by atoms with E-state index in [-0.39, 0.29) is 0 Å². The Morgan fingerprint density at radius 1 is 0.292 bits per heavy atom. The summed E-state index contributed by atoms with van der Waals surface area (Å²) in [5, 5.41) is 0. The van der Waals surface area contributed by atoms with E-state index in [0.717, 1.165) is 13.1 Å². The van der Waals surface area contributed by atoms with Crippen molar-refractivity contribution in [3.05, 3.63) is 0 Å². The van der Waals surface area contributed by atoms with Crippen LogP contribution in [0.4, 0.5) is 0 Å². The molecule has 0 amide bonds. The Kier molecular flexibility index (Phi) is 28.4. The maximum Gasteiger partial charge on any atom is 0.141 e. The average molecular weight is 671 g/mol. The molecule has 2 aliphatic rings. The molecule has 2 rings (SSSR count). The number of hydrogen-bond acceptors (Lipinski definition) is 0. The van der Waals surface area contributed by atoms with E-state index in [0.29, 0.717) is 0 Å². The van der Waals surface area contributed by atoms with Crippen molar-refractivity contribution in [3.8, 4) is 11.8 Å². The van der Waals surface area contributed by atoms with E-state index < -0.39 is 0 Å². The molecule has 2 aliphatic heterocycles. The third kappa shape index (κ3) is 23.0. The number of likely N-dealkylation sites (tertiary alicyclic amines) is 2. The average Bonchev–Trinajstić information content (AvgIpc) is 3.11. The first kappa shape index (κ1) is 43.6. The Balaban J connectivity index is 1.56. The van der Waals surface area contributed by atoms with Crippen LogP contribution in [-0.4, -0.2) is 61.3 Å². The molecule has 2 heterocycles. The van der Waals surface area contributed by atoms with Crippen LogP contribution in [0, 0.1) is 11.8 Å². The van der Waals surface area contributed by atoms with Gasteiger partial charge >= 0.3 is 0 Å². The Labute approximate surface area is 304 Å². The topological polar surface area (TPSA) is 0 Å². The van der Waals surface area contributed by atoms with Crippen LogP contribution < -0.4 is 0 Å². The molecule has 0 bridgehead atoms. The van der Waals surface area contributed by atoms with Crippen LogP contribution in [0.2, 0.25) is 0 Å². The number of unbranched alkanes of at least 4 members (excludes halogenated alkanes) is 26. The lowest BCUT2D eigenvalue weighted by molar-refractivity contribution is -0.927. The zero-order chi connectivity index (χ0) is 34.1. The van der Waals surface area contributed by atoms with Crippen molar-refractivity contribution in [2.24, 2.45) is 0 Å². The molecule has 0 atom stereocenters. The first-order valence-corrected chi connectivity index (χ1v) is 22.9. The lowest BCUT2D eigenvalue weighted by Crippen LogP contribution is -2.53. The number of rotatable bonds is 32. The highest BCUT2D eigenvalue weighted by molar-refractivity contribution is 5.00. The van der Waals surface area contributed by atoms with Crippen LogP contribution in [0.15, 0.2) is 0 Å². The van der Waals surface area contributed by atoms with E-state index in [2.05, 4.69) is 25.7 Å². The number of piperidine rings is 2. The van der Waals surface area contributed by atoms with Gasteiger partial charge in [-0.05, 0) is 76.0 Å². The molecule has 0 saturated carbocycles. The van der Waals surface area contributed by atoms with Gasteiger partial charge in [0.15, 0.2) is 0 Å². The summed E-state index contributed by atoms with van der Waals surface area (Å²) >= 11 is 0. The second kappa shape index (κ2) is 31.2. The summed E-state index contributed by atoms with van der Waals surface area (Å²) in [7, 11) is 0. The van der Waals surface area contributed by atoms with Gasteiger partial charge in [-0.2, -0.15) is 0 Å². The Bertz CT molecular complexity index is 675. The molecule has 0 N–H and O–H groups in total. The molecule has 0 aliphatic carbocycles. The molecular weight excluding hydrogens is 581 g/mol. The van der Waals surface area contributed by atoms with Crippen molar-refractivity contribution in [1.29, 1.82) is 0 Å². The van der Waals surface area contributed by atoms with Gasteiger partial charge < -0.3 is 8.97 Å². The molecule has 0 aromatic heterocycles. The SMILES string of the molecule is CCCCCCCCCCCCCCCC[N+]1(CC#CC[N+]2(CCCCCCCCCCCCCCCC)CCCCC2)CCCCC1. The van der Waals surface area contributed by atoms with Gasteiger partial charge in [-0.1, -0.05) is 168 Å². The number of nitrogens with zero attached hydrogens (tertiary/aromatic N) is 2. The minimum Gasteiger partial charge on any atom is -0.314 e. The molecule has 0 spiro atoms. The minimum atomic E-state index is 1.14. The maximum atomic E-state index is 3.83. The predicted molar refractivity (Wildman–Crippen MR) is 216 cm³/mol. The first-order valence-electron chi connectivity index (χ1n) is 22.9. The standard InChI is InChI=1S/C46H90N2/c1-3-5-7-9-11-13-15-17-19-21-23-25-27-31-39-47(41-33-29-34-42-47)45-37-38-46-48(43-35-30-36-44-48)40-32-28-26-24-22-20-18-16-14-12-10-8-6-4-2/h3-36,39-46H2,1-2H3/q+2. The molecule has 0 aromatic rings. The van der Waals surface area contributed by atoms with E-state index in [1.54, 1.807) is 0 Å². The second-order valence-electron chi connectivity index (χ2n) is 17.0. The highest BCUT2D eigenvalue weighted by Gasteiger charge is 2.30. The van der Waals surface area contributed by atoms with Crippen LogP contribution in [0.25, 0.3) is 0 Å². The summed E-state index contributed by atoms with van der Waals surface area (Å²) < 4.78 is 2.65. The minimum absolute atomic E-state index is 1.14. The molecule has 2 heteroatoms. The zero-order valence-electron chi connectivity index (χ0n) is 33.6. The van der Waals surface area contributed by atoms with E-state index in [4.69, 9.17) is 0 Å². The van der Waals surface area contributed by atoms with Crippen molar-refractivity contribution >= 4 is 0 Å². The van der Waals surface area contributed by atoms with Crippen molar-refractivity contribution in [1.82, 2.24) is 0 Å². The monoisotopic (exact) mass is 671 g/mol. The predicted octanol–water partition coefficient (Wildman–Crippen LogP) is 14.0. The normalized spacial score (nSPS) is 17.3. The van der Waals surface area contributed by atoms with Gasteiger partial charge in [0.05, 0.1) is 39.3 Å². The molecule has 0 aromatic carbocycles. The lowest BCUT2D eigenvalue weighted by Gasteiger charge is -2.41. The van der Waals surface area contributed by atoms with Crippen LogP contribution in [0.5, 0.6) is 0 Å². The molecule has 0 radical (unpaired) electrons. The summed E-state index contributed by atoms with van der Waals surface area (Å²) in [5.74, 6) is 7.65. The maximum absolute atomic E-state index is 3.83. The summed E-state index contributed by atoms with van der Waals surface area (Å²) in [6.45, 7) is 15.3. The van der Waals surface area contributed by atoms with Crippen molar-refractivity contribution in [3.63, 3.8) is 0 Å². The molecule has 48 heavy (non-hydrogen) atoms. The van der Waals surface area contributed by atoms with Crippen molar-refractivity contribution in [2.75, 3.05) is 52.4 Å². The fourth-order valence-corrected chi connectivity index (χ4v) is 9.02. The van der Waals surface area contributed by atoms with Crippen LogP contribution in [0.3, 0.4) is 0 Å². The van der Waals surface area contributed by atoms with E-state index in [1.807, 2.05) is 0 Å². The summed E-state index contributed by atoms with van der Waals surface area (Å²) in [5.41, 5.74) is 0. The van der Waals surface area contributed by atoms with E-state index >= 15 is 0 Å². The van der Waals surface area contributed by atoms with Gasteiger partial charge in [0, 0.05) is 0 Å². The molecule has 2 saturated heterocycles. The van der Waals surface area contributed by atoms with Gasteiger partial charge in [-0.15, -0.1) is 0 Å². The van der Waals surface area contributed by atoms with Crippen LogP contribution in [-0.2, 0) is 0 Å². The fourth-order valence-electron chi connectivity index (χ4n) is 9.02. The van der Waals surface area contributed by atoms with Crippen LogP contribution in [0.1, 0.15) is 232 Å².